The summed E-state index contributed by atoms with van der Waals surface area (Å²) in [7, 11) is 0. The first-order valence-electron chi connectivity index (χ1n) is 10.3. The van der Waals surface area contributed by atoms with Gasteiger partial charge < -0.3 is 15.1 Å². The molecule has 0 radical (unpaired) electrons. The minimum absolute atomic E-state index is 0.186. The first-order chi connectivity index (χ1) is 13.2. The summed E-state index contributed by atoms with van der Waals surface area (Å²) >= 11 is 0. The number of amides is 1. The van der Waals surface area contributed by atoms with Gasteiger partial charge in [-0.25, -0.2) is 0 Å². The lowest BCUT2D eigenvalue weighted by atomic mass is 9.96. The van der Waals surface area contributed by atoms with Crippen LogP contribution < -0.4 is 15.1 Å². The van der Waals surface area contributed by atoms with Crippen molar-refractivity contribution in [2.45, 2.75) is 25.8 Å². The van der Waals surface area contributed by atoms with E-state index in [0.717, 1.165) is 45.7 Å². The minimum atomic E-state index is 0.186. The molecule has 1 saturated heterocycles. The lowest BCUT2D eigenvalue weighted by Gasteiger charge is -2.29. The molecule has 0 spiro atoms. The summed E-state index contributed by atoms with van der Waals surface area (Å²) < 4.78 is 0. The normalized spacial score (nSPS) is 20.8. The second-order valence-corrected chi connectivity index (χ2v) is 7.66. The van der Waals surface area contributed by atoms with Crippen molar-refractivity contribution < 1.29 is 14.6 Å². The van der Waals surface area contributed by atoms with Gasteiger partial charge in [0.25, 0.3) is 5.91 Å². The third-order valence-corrected chi connectivity index (χ3v) is 5.68. The number of carbonyl (C=O) groups is 1. The Kier molecular flexibility index (Phi) is 7.43. The van der Waals surface area contributed by atoms with Crippen LogP contribution in [0, 0.1) is 0 Å². The van der Waals surface area contributed by atoms with Crippen LogP contribution in [0.3, 0.4) is 0 Å². The largest absolute Gasteiger partial charge is 0.351 e. The molecule has 144 valence electrons. The molecule has 1 fully saturated rings. The summed E-state index contributed by atoms with van der Waals surface area (Å²) in [6, 6.07) is 21.2. The van der Waals surface area contributed by atoms with Crippen LogP contribution in [0.5, 0.6) is 0 Å². The van der Waals surface area contributed by atoms with Crippen LogP contribution in [0.1, 0.15) is 30.4 Å². The standard InChI is InChI=1S/C23H31N3O/c1-2-21(22-11-7-4-8-12-22)17-24-23(27)19-26-15-13-25(14-16-26)18-20-9-5-3-6-10-20/h3-12,21H,2,13-19H2,1H3,(H,24,27)/p+2/t21-/m1/s1. The van der Waals surface area contributed by atoms with Crippen LogP contribution in [-0.4, -0.2) is 45.2 Å². The van der Waals surface area contributed by atoms with Gasteiger partial charge in [0.1, 0.15) is 32.7 Å². The molecule has 1 amide bonds. The SMILES string of the molecule is CC[C@H](CNC(=O)C[NH+]1CC[NH+](Cc2ccccc2)CC1)c1ccccc1. The van der Waals surface area contributed by atoms with Gasteiger partial charge in [-0.1, -0.05) is 67.6 Å². The lowest BCUT2D eigenvalue weighted by Crippen LogP contribution is -3.28. The number of carbonyl (C=O) groups excluding carboxylic acids is 1. The molecule has 0 saturated carbocycles. The average molecular weight is 368 g/mol. The zero-order valence-corrected chi connectivity index (χ0v) is 16.4. The van der Waals surface area contributed by atoms with Crippen LogP contribution in [0.15, 0.2) is 60.7 Å². The van der Waals surface area contributed by atoms with Gasteiger partial charge in [-0.2, -0.15) is 0 Å². The maximum absolute atomic E-state index is 12.4. The van der Waals surface area contributed by atoms with Crippen LogP contribution in [0.2, 0.25) is 0 Å². The van der Waals surface area contributed by atoms with Crippen LogP contribution in [0.25, 0.3) is 0 Å². The molecule has 3 N–H and O–H groups in total. The molecule has 2 aromatic carbocycles. The van der Waals surface area contributed by atoms with Crippen LogP contribution in [-0.2, 0) is 11.3 Å². The van der Waals surface area contributed by atoms with Crippen molar-refractivity contribution in [1.82, 2.24) is 5.32 Å². The van der Waals surface area contributed by atoms with Crippen molar-refractivity contribution in [1.29, 1.82) is 0 Å². The minimum Gasteiger partial charge on any atom is -0.351 e. The van der Waals surface area contributed by atoms with Crippen LogP contribution >= 0.6 is 0 Å². The highest BCUT2D eigenvalue weighted by molar-refractivity contribution is 5.76. The Morgan fingerprint density at radius 2 is 1.52 bits per heavy atom. The van der Waals surface area contributed by atoms with Crippen molar-refractivity contribution in [2.75, 3.05) is 39.3 Å². The predicted octanol–water partition coefficient (Wildman–Crippen LogP) is 0.280. The molecule has 0 bridgehead atoms. The van der Waals surface area contributed by atoms with Gasteiger partial charge in [-0.05, 0) is 12.0 Å². The smallest absolute Gasteiger partial charge is 0.275 e. The first-order valence-corrected chi connectivity index (χ1v) is 10.3. The van der Waals surface area contributed by atoms with E-state index in [1.807, 2.05) is 6.07 Å². The monoisotopic (exact) mass is 367 g/mol. The van der Waals surface area contributed by atoms with Crippen molar-refractivity contribution >= 4 is 5.91 Å². The van der Waals surface area contributed by atoms with Gasteiger partial charge in [-0.3, -0.25) is 4.79 Å². The highest BCUT2D eigenvalue weighted by Crippen LogP contribution is 2.17. The molecule has 1 aliphatic rings. The molecule has 0 aliphatic carbocycles. The molecule has 1 aliphatic heterocycles. The molecule has 0 unspecified atom stereocenters. The fourth-order valence-electron chi connectivity index (χ4n) is 3.94. The molecule has 4 heteroatoms. The van der Waals surface area contributed by atoms with E-state index in [1.165, 1.54) is 16.0 Å². The predicted molar refractivity (Wildman–Crippen MR) is 109 cm³/mol. The lowest BCUT2D eigenvalue weighted by molar-refractivity contribution is -1.02. The summed E-state index contributed by atoms with van der Waals surface area (Å²) in [5.41, 5.74) is 2.71. The third-order valence-electron chi connectivity index (χ3n) is 5.68. The van der Waals surface area contributed by atoms with E-state index in [-0.39, 0.29) is 5.91 Å². The maximum atomic E-state index is 12.4. The zero-order chi connectivity index (χ0) is 18.9. The Labute approximate surface area is 163 Å². The van der Waals surface area contributed by atoms with Gasteiger partial charge in [0.2, 0.25) is 0 Å². The summed E-state index contributed by atoms with van der Waals surface area (Å²) in [6.45, 7) is 9.04. The fraction of sp³-hybridized carbons (Fsp3) is 0.435. The Bertz CT molecular complexity index is 681. The zero-order valence-electron chi connectivity index (χ0n) is 16.4. The van der Waals surface area contributed by atoms with Crippen molar-refractivity contribution in [3.63, 3.8) is 0 Å². The van der Waals surface area contributed by atoms with E-state index in [1.54, 1.807) is 4.90 Å². The highest BCUT2D eigenvalue weighted by Gasteiger charge is 2.25. The summed E-state index contributed by atoms with van der Waals surface area (Å²) in [4.78, 5) is 15.4. The molecule has 4 nitrogen and oxygen atoms in total. The van der Waals surface area contributed by atoms with E-state index < -0.39 is 0 Å². The Morgan fingerprint density at radius 1 is 0.926 bits per heavy atom. The molecule has 1 atom stereocenters. The molecule has 27 heavy (non-hydrogen) atoms. The molecular formula is C23H33N3O+2. The van der Waals surface area contributed by atoms with Crippen LogP contribution in [0.4, 0.5) is 0 Å². The average Bonchev–Trinajstić information content (AvgIpc) is 2.71. The molecule has 2 aromatic rings. The number of quaternary nitrogens is 2. The topological polar surface area (TPSA) is 38.0 Å². The highest BCUT2D eigenvalue weighted by atomic mass is 16.2. The fourth-order valence-corrected chi connectivity index (χ4v) is 3.94. The second kappa shape index (κ2) is 10.2. The third kappa shape index (κ3) is 6.19. The number of benzene rings is 2. The van der Waals surface area contributed by atoms with E-state index in [0.29, 0.717) is 12.5 Å². The molecule has 0 aromatic heterocycles. The molecule has 3 rings (SSSR count). The van der Waals surface area contributed by atoms with E-state index in [9.17, 15) is 4.79 Å². The van der Waals surface area contributed by atoms with Gasteiger partial charge >= 0.3 is 0 Å². The van der Waals surface area contributed by atoms with Gasteiger partial charge in [0, 0.05) is 18.0 Å². The number of hydrogen-bond acceptors (Lipinski definition) is 1. The second-order valence-electron chi connectivity index (χ2n) is 7.66. The van der Waals surface area contributed by atoms with Gasteiger partial charge in [0.15, 0.2) is 6.54 Å². The van der Waals surface area contributed by atoms with E-state index >= 15 is 0 Å². The summed E-state index contributed by atoms with van der Waals surface area (Å²) in [5, 5.41) is 3.16. The van der Waals surface area contributed by atoms with Crippen molar-refractivity contribution in [2.24, 2.45) is 0 Å². The summed E-state index contributed by atoms with van der Waals surface area (Å²) in [6.07, 6.45) is 1.04. The van der Waals surface area contributed by atoms with E-state index in [2.05, 4.69) is 66.8 Å². The van der Waals surface area contributed by atoms with E-state index in [4.69, 9.17) is 0 Å². The Balaban J connectivity index is 1.38. The van der Waals surface area contributed by atoms with Crippen molar-refractivity contribution in [3.05, 3.63) is 71.8 Å². The Hall–Kier alpha value is -2.17. The Morgan fingerprint density at radius 3 is 2.15 bits per heavy atom. The number of piperazine rings is 1. The number of rotatable bonds is 8. The van der Waals surface area contributed by atoms with Gasteiger partial charge in [0.05, 0.1) is 0 Å². The number of nitrogens with one attached hydrogen (secondary N) is 3. The molecular weight excluding hydrogens is 334 g/mol. The van der Waals surface area contributed by atoms with Crippen molar-refractivity contribution in [3.8, 4) is 0 Å². The van der Waals surface area contributed by atoms with Gasteiger partial charge in [-0.15, -0.1) is 0 Å². The maximum Gasteiger partial charge on any atom is 0.275 e. The number of hydrogen-bond donors (Lipinski definition) is 3. The quantitative estimate of drug-likeness (QED) is 0.616. The first kappa shape index (κ1) is 19.6. The molecule has 1 heterocycles. The summed E-state index contributed by atoms with van der Waals surface area (Å²) in [5.74, 6) is 0.586.